The molecule has 1 aliphatic carbocycles. The first-order valence-corrected chi connectivity index (χ1v) is 9.00. The van der Waals surface area contributed by atoms with E-state index in [-0.39, 0.29) is 24.6 Å². The second kappa shape index (κ2) is 7.61. The highest BCUT2D eigenvalue weighted by atomic mass is 16.5. The smallest absolute Gasteiger partial charge is 0.420 e. The van der Waals surface area contributed by atoms with E-state index in [4.69, 9.17) is 9.15 Å². The van der Waals surface area contributed by atoms with Crippen molar-refractivity contribution in [3.8, 4) is 6.01 Å². The molecule has 3 aromatic rings. The molecule has 0 saturated heterocycles. The van der Waals surface area contributed by atoms with Crippen molar-refractivity contribution >= 4 is 17.0 Å². The number of fused-ring (bicyclic) bond motifs is 1. The van der Waals surface area contributed by atoms with Gasteiger partial charge in [0.05, 0.1) is 5.52 Å². The van der Waals surface area contributed by atoms with Gasteiger partial charge in [-0.05, 0) is 43.9 Å². The molecule has 27 heavy (non-hydrogen) atoms. The van der Waals surface area contributed by atoms with Gasteiger partial charge in [-0.25, -0.2) is 14.8 Å². The number of ether oxygens (including phenoxy) is 1. The maximum Gasteiger partial charge on any atom is 0.420 e. The Hall–Kier alpha value is -3.16. The molecule has 2 aromatic heterocycles. The lowest BCUT2D eigenvalue weighted by Gasteiger charge is -2.28. The second-order valence-electron chi connectivity index (χ2n) is 6.61. The van der Waals surface area contributed by atoms with Crippen LogP contribution >= 0.6 is 0 Å². The summed E-state index contributed by atoms with van der Waals surface area (Å²) in [6.07, 6.45) is 6.61. The number of rotatable bonds is 5. The fourth-order valence-electron chi connectivity index (χ4n) is 3.40. The Morgan fingerprint density at radius 3 is 2.67 bits per heavy atom. The SMILES string of the molecule is O=C(Cn1c(=O)oc2ccccc21)NC1CCC(Oc2ncccn2)CC1. The van der Waals surface area contributed by atoms with Crippen molar-refractivity contribution < 1.29 is 13.9 Å². The number of para-hydroxylation sites is 2. The highest BCUT2D eigenvalue weighted by Crippen LogP contribution is 2.22. The lowest BCUT2D eigenvalue weighted by molar-refractivity contribution is -0.122. The minimum Gasteiger partial charge on any atom is -0.460 e. The van der Waals surface area contributed by atoms with Gasteiger partial charge in [0.15, 0.2) is 5.58 Å². The lowest BCUT2D eigenvalue weighted by Crippen LogP contribution is -2.41. The van der Waals surface area contributed by atoms with Crippen LogP contribution in [0, 0.1) is 0 Å². The summed E-state index contributed by atoms with van der Waals surface area (Å²) in [5.41, 5.74) is 1.11. The van der Waals surface area contributed by atoms with Gasteiger partial charge in [-0.15, -0.1) is 0 Å². The summed E-state index contributed by atoms with van der Waals surface area (Å²) < 4.78 is 12.3. The molecule has 1 aromatic carbocycles. The molecule has 8 nitrogen and oxygen atoms in total. The molecule has 8 heteroatoms. The number of hydrogen-bond donors (Lipinski definition) is 1. The maximum atomic E-state index is 12.4. The van der Waals surface area contributed by atoms with Crippen LogP contribution in [-0.4, -0.2) is 32.6 Å². The highest BCUT2D eigenvalue weighted by Gasteiger charge is 2.24. The second-order valence-corrected chi connectivity index (χ2v) is 6.61. The molecule has 0 spiro atoms. The van der Waals surface area contributed by atoms with Crippen molar-refractivity contribution in [2.45, 2.75) is 44.4 Å². The molecule has 140 valence electrons. The fraction of sp³-hybridized carbons (Fsp3) is 0.368. The van der Waals surface area contributed by atoms with Crippen LogP contribution in [0.4, 0.5) is 0 Å². The van der Waals surface area contributed by atoms with E-state index in [1.165, 1.54) is 4.57 Å². The van der Waals surface area contributed by atoms with Crippen molar-refractivity contribution in [1.29, 1.82) is 0 Å². The predicted octanol–water partition coefficient (Wildman–Crippen LogP) is 1.89. The number of nitrogens with zero attached hydrogens (tertiary/aromatic N) is 3. The quantitative estimate of drug-likeness (QED) is 0.738. The number of carbonyl (C=O) groups excluding carboxylic acids is 1. The van der Waals surface area contributed by atoms with Crippen LogP contribution in [0.15, 0.2) is 51.9 Å². The average Bonchev–Trinajstić information content (AvgIpc) is 2.99. The molecule has 1 fully saturated rings. The number of oxazole rings is 1. The predicted molar refractivity (Wildman–Crippen MR) is 97.3 cm³/mol. The molecule has 0 unspecified atom stereocenters. The van der Waals surface area contributed by atoms with Crippen molar-refractivity contribution in [3.63, 3.8) is 0 Å². The summed E-state index contributed by atoms with van der Waals surface area (Å²) in [6.45, 7) is -0.0515. The molecular weight excluding hydrogens is 348 g/mol. The normalized spacial score (nSPS) is 19.7. The van der Waals surface area contributed by atoms with E-state index < -0.39 is 5.76 Å². The minimum absolute atomic E-state index is 0.0515. The number of benzene rings is 1. The average molecular weight is 368 g/mol. The third-order valence-electron chi connectivity index (χ3n) is 4.73. The number of carbonyl (C=O) groups is 1. The van der Waals surface area contributed by atoms with Gasteiger partial charge < -0.3 is 14.5 Å². The molecule has 0 bridgehead atoms. The van der Waals surface area contributed by atoms with Crippen molar-refractivity contribution in [3.05, 3.63) is 53.3 Å². The zero-order valence-corrected chi connectivity index (χ0v) is 14.7. The molecular formula is C19H20N4O4. The number of amides is 1. The lowest BCUT2D eigenvalue weighted by atomic mass is 9.93. The molecule has 1 saturated carbocycles. The van der Waals surface area contributed by atoms with E-state index in [1.807, 2.05) is 6.07 Å². The Labute approximate surface area is 155 Å². The molecule has 1 amide bonds. The van der Waals surface area contributed by atoms with Gasteiger partial charge in [-0.2, -0.15) is 0 Å². The summed E-state index contributed by atoms with van der Waals surface area (Å²) in [6, 6.07) is 9.28. The van der Waals surface area contributed by atoms with Crippen LogP contribution in [0.5, 0.6) is 6.01 Å². The third-order valence-corrected chi connectivity index (χ3v) is 4.73. The van der Waals surface area contributed by atoms with Crippen molar-refractivity contribution in [2.75, 3.05) is 0 Å². The van der Waals surface area contributed by atoms with E-state index >= 15 is 0 Å². The summed E-state index contributed by atoms with van der Waals surface area (Å²) in [7, 11) is 0. The van der Waals surface area contributed by atoms with E-state index in [2.05, 4.69) is 15.3 Å². The first-order chi connectivity index (χ1) is 13.2. The Kier molecular flexibility index (Phi) is 4.86. The van der Waals surface area contributed by atoms with E-state index in [9.17, 15) is 9.59 Å². The van der Waals surface area contributed by atoms with Crippen LogP contribution < -0.4 is 15.8 Å². The van der Waals surface area contributed by atoms with Crippen LogP contribution in [0.1, 0.15) is 25.7 Å². The Morgan fingerprint density at radius 1 is 1.15 bits per heavy atom. The standard InChI is InChI=1S/C19H20N4O4/c24-17(12-23-15-4-1-2-5-16(15)27-19(23)25)22-13-6-8-14(9-7-13)26-18-20-10-3-11-21-18/h1-5,10-11,13-14H,6-9,12H2,(H,22,24). The van der Waals surface area contributed by atoms with E-state index in [1.54, 1.807) is 36.7 Å². The third kappa shape index (κ3) is 3.99. The molecule has 1 aliphatic rings. The van der Waals surface area contributed by atoms with Gasteiger partial charge in [-0.3, -0.25) is 9.36 Å². The molecule has 0 aliphatic heterocycles. The van der Waals surface area contributed by atoms with Crippen LogP contribution in [0.25, 0.3) is 11.1 Å². The minimum atomic E-state index is -0.522. The van der Waals surface area contributed by atoms with Crippen LogP contribution in [-0.2, 0) is 11.3 Å². The van der Waals surface area contributed by atoms with Gasteiger partial charge in [0.25, 0.3) is 0 Å². The molecule has 2 heterocycles. The first kappa shape index (κ1) is 17.3. The Morgan fingerprint density at radius 2 is 1.89 bits per heavy atom. The molecule has 4 rings (SSSR count). The number of aromatic nitrogens is 3. The Balaban J connectivity index is 1.30. The zero-order valence-electron chi connectivity index (χ0n) is 14.7. The molecule has 0 radical (unpaired) electrons. The monoisotopic (exact) mass is 368 g/mol. The zero-order chi connectivity index (χ0) is 18.6. The largest absolute Gasteiger partial charge is 0.460 e. The highest BCUT2D eigenvalue weighted by molar-refractivity contribution is 5.79. The van der Waals surface area contributed by atoms with Gasteiger partial charge in [0.1, 0.15) is 12.6 Å². The van der Waals surface area contributed by atoms with Crippen molar-refractivity contribution in [1.82, 2.24) is 19.9 Å². The number of nitrogens with one attached hydrogen (secondary N) is 1. The summed E-state index contributed by atoms with van der Waals surface area (Å²) in [4.78, 5) is 32.5. The topological polar surface area (TPSA) is 99.2 Å². The van der Waals surface area contributed by atoms with Crippen LogP contribution in [0.2, 0.25) is 0 Å². The van der Waals surface area contributed by atoms with Gasteiger partial charge in [0, 0.05) is 18.4 Å². The van der Waals surface area contributed by atoms with E-state index in [0.717, 1.165) is 25.7 Å². The summed E-state index contributed by atoms with van der Waals surface area (Å²) in [5.74, 6) is -0.717. The molecule has 0 atom stereocenters. The molecule has 1 N–H and O–H groups in total. The summed E-state index contributed by atoms with van der Waals surface area (Å²) >= 11 is 0. The first-order valence-electron chi connectivity index (χ1n) is 9.00. The van der Waals surface area contributed by atoms with Crippen molar-refractivity contribution in [2.24, 2.45) is 0 Å². The Bertz CT molecular complexity index is 974. The van der Waals surface area contributed by atoms with Gasteiger partial charge >= 0.3 is 11.8 Å². The maximum absolute atomic E-state index is 12.4. The van der Waals surface area contributed by atoms with Crippen LogP contribution in [0.3, 0.4) is 0 Å². The fourth-order valence-corrected chi connectivity index (χ4v) is 3.40. The van der Waals surface area contributed by atoms with Gasteiger partial charge in [-0.1, -0.05) is 12.1 Å². The van der Waals surface area contributed by atoms with Gasteiger partial charge in [0.2, 0.25) is 5.91 Å². The summed E-state index contributed by atoms with van der Waals surface area (Å²) in [5, 5.41) is 3.01. The van der Waals surface area contributed by atoms with E-state index in [0.29, 0.717) is 17.1 Å². The number of hydrogen-bond acceptors (Lipinski definition) is 6.